The predicted octanol–water partition coefficient (Wildman–Crippen LogP) is -0.467. The first-order valence-electron chi connectivity index (χ1n) is 5.27. The molecule has 5 N–H and O–H groups in total. The van der Waals surface area contributed by atoms with Gasteiger partial charge in [-0.25, -0.2) is 14.3 Å². The van der Waals surface area contributed by atoms with Crippen molar-refractivity contribution >= 4 is 10.0 Å². The van der Waals surface area contributed by atoms with E-state index >= 15 is 0 Å². The highest BCUT2D eigenvalue weighted by atomic mass is 32.2. The number of hydrogen-bond acceptors (Lipinski definition) is 6. The molecule has 0 radical (unpaired) electrons. The number of nitrogens with zero attached hydrogens (tertiary/aromatic N) is 1. The third-order valence-electron chi connectivity index (χ3n) is 2.22. The molecule has 1 rings (SSSR count). The standard InChI is InChI=1S/C10H18N4O3S/c1-4-9(18(15,16)13-8(3)11)10-14(12)5-7(2)6-17-10/h4,7,13H,1,3,5-6,11-12H2,2H3/b10-9-. The first-order valence-corrected chi connectivity index (χ1v) is 6.75. The van der Waals surface area contributed by atoms with Crippen molar-refractivity contribution in [2.24, 2.45) is 17.5 Å². The number of hydrogen-bond donors (Lipinski definition) is 3. The normalized spacial score (nSPS) is 23.0. The maximum Gasteiger partial charge on any atom is 0.268 e. The largest absolute Gasteiger partial charge is 0.477 e. The van der Waals surface area contributed by atoms with Crippen LogP contribution in [0, 0.1) is 5.92 Å². The molecule has 8 heteroatoms. The van der Waals surface area contributed by atoms with Crippen LogP contribution in [0.3, 0.4) is 0 Å². The van der Waals surface area contributed by atoms with E-state index in [9.17, 15) is 8.42 Å². The Kier molecular flexibility index (Phi) is 4.25. The number of nitrogens with two attached hydrogens (primary N) is 2. The van der Waals surface area contributed by atoms with Gasteiger partial charge >= 0.3 is 0 Å². The molecule has 102 valence electrons. The fraction of sp³-hybridized carbons (Fsp3) is 0.400. The lowest BCUT2D eigenvalue weighted by molar-refractivity contribution is 0.0291. The molecule has 1 aliphatic rings. The average Bonchev–Trinajstić information content (AvgIpc) is 2.19. The predicted molar refractivity (Wildman–Crippen MR) is 68.6 cm³/mol. The molecule has 0 spiro atoms. The zero-order valence-corrected chi connectivity index (χ0v) is 11.0. The van der Waals surface area contributed by atoms with E-state index in [1.807, 2.05) is 6.92 Å². The fourth-order valence-corrected chi connectivity index (χ4v) is 2.61. The summed E-state index contributed by atoms with van der Waals surface area (Å²) >= 11 is 0. The van der Waals surface area contributed by atoms with Crippen LogP contribution in [0.2, 0.25) is 0 Å². The van der Waals surface area contributed by atoms with Crippen LogP contribution in [0.4, 0.5) is 0 Å². The van der Waals surface area contributed by atoms with Crippen LogP contribution in [0.15, 0.2) is 35.8 Å². The maximum absolute atomic E-state index is 12.0. The molecule has 1 saturated heterocycles. The molecular formula is C10H18N4O3S. The Balaban J connectivity index is 3.15. The van der Waals surface area contributed by atoms with Gasteiger partial charge in [0.1, 0.15) is 10.7 Å². The van der Waals surface area contributed by atoms with Crippen molar-refractivity contribution in [3.8, 4) is 0 Å². The summed E-state index contributed by atoms with van der Waals surface area (Å²) in [4.78, 5) is -0.163. The highest BCUT2D eigenvalue weighted by Gasteiger charge is 2.28. The molecule has 0 saturated carbocycles. The zero-order chi connectivity index (χ0) is 13.9. The van der Waals surface area contributed by atoms with Gasteiger partial charge in [-0.05, 0) is 6.08 Å². The van der Waals surface area contributed by atoms with E-state index in [2.05, 4.69) is 17.9 Å². The number of sulfonamides is 1. The summed E-state index contributed by atoms with van der Waals surface area (Å²) in [6, 6.07) is 0. The van der Waals surface area contributed by atoms with Crippen molar-refractivity contribution < 1.29 is 13.2 Å². The van der Waals surface area contributed by atoms with E-state index < -0.39 is 10.0 Å². The van der Waals surface area contributed by atoms with Gasteiger partial charge < -0.3 is 10.5 Å². The number of rotatable bonds is 4. The lowest BCUT2D eigenvalue weighted by Gasteiger charge is -2.32. The third-order valence-corrected chi connectivity index (χ3v) is 3.68. The number of ether oxygens (including phenoxy) is 1. The van der Waals surface area contributed by atoms with Crippen molar-refractivity contribution in [2.75, 3.05) is 13.2 Å². The molecule has 0 aromatic heterocycles. The van der Waals surface area contributed by atoms with E-state index in [-0.39, 0.29) is 22.5 Å². The van der Waals surface area contributed by atoms with Gasteiger partial charge in [0.05, 0.1) is 6.61 Å². The van der Waals surface area contributed by atoms with Crippen LogP contribution in [0.25, 0.3) is 0 Å². The van der Waals surface area contributed by atoms with Crippen LogP contribution in [0.1, 0.15) is 6.92 Å². The number of hydrazine groups is 1. The molecule has 0 aliphatic carbocycles. The monoisotopic (exact) mass is 274 g/mol. The summed E-state index contributed by atoms with van der Waals surface area (Å²) in [5, 5.41) is 1.24. The molecule has 1 heterocycles. The lowest BCUT2D eigenvalue weighted by Crippen LogP contribution is -2.43. The topological polar surface area (TPSA) is 111 Å². The van der Waals surface area contributed by atoms with Gasteiger partial charge in [-0.15, -0.1) is 0 Å². The third kappa shape index (κ3) is 3.17. The van der Waals surface area contributed by atoms with Gasteiger partial charge in [-0.1, -0.05) is 20.1 Å². The van der Waals surface area contributed by atoms with Gasteiger partial charge in [0, 0.05) is 12.5 Å². The van der Waals surface area contributed by atoms with Crippen molar-refractivity contribution in [1.29, 1.82) is 0 Å². The van der Waals surface area contributed by atoms with Crippen LogP contribution in [0.5, 0.6) is 0 Å². The Morgan fingerprint density at radius 1 is 1.67 bits per heavy atom. The Morgan fingerprint density at radius 2 is 2.28 bits per heavy atom. The van der Waals surface area contributed by atoms with E-state index in [4.69, 9.17) is 16.3 Å². The zero-order valence-electron chi connectivity index (χ0n) is 10.2. The highest BCUT2D eigenvalue weighted by molar-refractivity contribution is 7.93. The van der Waals surface area contributed by atoms with Crippen LogP contribution >= 0.6 is 0 Å². The van der Waals surface area contributed by atoms with Crippen LogP contribution < -0.4 is 16.3 Å². The second kappa shape index (κ2) is 5.32. The SMILES string of the molecule is C=C/C(=C1/OCC(C)CN1N)S(=O)(=O)NC(=C)N. The smallest absolute Gasteiger partial charge is 0.268 e. The summed E-state index contributed by atoms with van der Waals surface area (Å²) < 4.78 is 31.3. The first-order chi connectivity index (χ1) is 8.27. The Morgan fingerprint density at radius 3 is 2.72 bits per heavy atom. The van der Waals surface area contributed by atoms with Crippen LogP contribution in [-0.4, -0.2) is 26.6 Å². The van der Waals surface area contributed by atoms with Gasteiger partial charge in [0.2, 0.25) is 5.88 Å². The van der Waals surface area contributed by atoms with Gasteiger partial charge in [-0.2, -0.15) is 0 Å². The van der Waals surface area contributed by atoms with E-state index in [1.165, 1.54) is 5.01 Å². The molecule has 0 bridgehead atoms. The molecule has 1 atom stereocenters. The minimum Gasteiger partial charge on any atom is -0.477 e. The van der Waals surface area contributed by atoms with Crippen molar-refractivity contribution in [2.45, 2.75) is 6.92 Å². The van der Waals surface area contributed by atoms with E-state index in [0.29, 0.717) is 13.2 Å². The lowest BCUT2D eigenvalue weighted by atomic mass is 10.2. The van der Waals surface area contributed by atoms with E-state index in [0.717, 1.165) is 6.08 Å². The minimum absolute atomic E-state index is 0.0526. The second-order valence-electron chi connectivity index (χ2n) is 4.07. The molecule has 0 aromatic carbocycles. The molecule has 1 aliphatic heterocycles. The average molecular weight is 274 g/mol. The maximum atomic E-state index is 12.0. The van der Waals surface area contributed by atoms with Crippen molar-refractivity contribution in [3.63, 3.8) is 0 Å². The molecule has 0 aromatic rings. The molecule has 18 heavy (non-hydrogen) atoms. The highest BCUT2D eigenvalue weighted by Crippen LogP contribution is 2.21. The molecular weight excluding hydrogens is 256 g/mol. The van der Waals surface area contributed by atoms with Crippen molar-refractivity contribution in [3.05, 3.63) is 35.8 Å². The van der Waals surface area contributed by atoms with Crippen LogP contribution in [-0.2, 0) is 14.8 Å². The van der Waals surface area contributed by atoms with Gasteiger partial charge in [-0.3, -0.25) is 9.73 Å². The summed E-state index contributed by atoms with van der Waals surface area (Å²) in [6.45, 7) is 9.56. The first kappa shape index (κ1) is 14.4. The van der Waals surface area contributed by atoms with Gasteiger partial charge in [0.15, 0.2) is 0 Å². The minimum atomic E-state index is -3.88. The van der Waals surface area contributed by atoms with E-state index in [1.54, 1.807) is 0 Å². The molecule has 1 fully saturated rings. The van der Waals surface area contributed by atoms with Gasteiger partial charge in [0.25, 0.3) is 10.0 Å². The summed E-state index contributed by atoms with van der Waals surface area (Å²) in [6.07, 6.45) is 1.15. The molecule has 1 unspecified atom stereocenters. The quantitative estimate of drug-likeness (QED) is 0.598. The summed E-state index contributed by atoms with van der Waals surface area (Å²) in [5.74, 6) is 5.80. The summed E-state index contributed by atoms with van der Waals surface area (Å²) in [7, 11) is -3.88. The second-order valence-corrected chi connectivity index (χ2v) is 5.72. The Labute approximate surface area is 107 Å². The number of nitrogens with one attached hydrogen (secondary N) is 1. The van der Waals surface area contributed by atoms with Crippen molar-refractivity contribution in [1.82, 2.24) is 9.73 Å². The summed E-state index contributed by atoms with van der Waals surface area (Å²) in [5.41, 5.74) is 5.23. The Hall–Kier alpha value is -1.67. The molecule has 7 nitrogen and oxygen atoms in total. The molecule has 0 amide bonds. The number of allylic oxidation sites excluding steroid dienone is 1. The Bertz CT molecular complexity index is 483. The fourth-order valence-electron chi connectivity index (χ4n) is 1.53.